The van der Waals surface area contributed by atoms with Crippen LogP contribution in [0.25, 0.3) is 10.9 Å². The Labute approximate surface area is 124 Å². The highest BCUT2D eigenvalue weighted by molar-refractivity contribution is 5.87. The van der Waals surface area contributed by atoms with Gasteiger partial charge < -0.3 is 15.2 Å². The van der Waals surface area contributed by atoms with Crippen molar-refractivity contribution in [1.82, 2.24) is 10.2 Å². The van der Waals surface area contributed by atoms with E-state index in [1.165, 1.54) is 0 Å². The van der Waals surface area contributed by atoms with Gasteiger partial charge in [0.2, 0.25) is 0 Å². The van der Waals surface area contributed by atoms with Crippen molar-refractivity contribution in [3.8, 4) is 11.5 Å². The molecule has 2 aromatic rings. The number of nitrogens with one attached hydrogen (secondary N) is 1. The summed E-state index contributed by atoms with van der Waals surface area (Å²) >= 11 is 0. The lowest BCUT2D eigenvalue weighted by Gasteiger charge is -2.28. The van der Waals surface area contributed by atoms with E-state index in [4.69, 9.17) is 15.2 Å². The van der Waals surface area contributed by atoms with E-state index in [1.54, 1.807) is 6.20 Å². The molecule has 1 aliphatic carbocycles. The number of rotatable bonds is 5. The van der Waals surface area contributed by atoms with E-state index in [1.807, 2.05) is 12.1 Å². The Hall–Kier alpha value is -1.75. The lowest BCUT2D eigenvalue weighted by Crippen LogP contribution is -2.33. The molecule has 0 spiro atoms. The van der Waals surface area contributed by atoms with E-state index in [2.05, 4.69) is 17.1 Å². The molecule has 1 saturated carbocycles. The Morgan fingerprint density at radius 2 is 2.29 bits per heavy atom. The van der Waals surface area contributed by atoms with Crippen molar-refractivity contribution in [2.24, 2.45) is 5.73 Å². The quantitative estimate of drug-likeness (QED) is 0.887. The highest BCUT2D eigenvalue weighted by Crippen LogP contribution is 2.37. The van der Waals surface area contributed by atoms with Crippen molar-refractivity contribution in [1.29, 1.82) is 0 Å². The van der Waals surface area contributed by atoms with Gasteiger partial charge in [-0.2, -0.15) is 5.10 Å². The lowest BCUT2D eigenvalue weighted by molar-refractivity contribution is 0.138. The molecule has 3 rings (SSSR count). The number of ether oxygens (including phenoxy) is 2. The molecule has 1 aromatic carbocycles. The number of aromatic nitrogens is 2. The summed E-state index contributed by atoms with van der Waals surface area (Å²) in [7, 11) is 0. The molecule has 21 heavy (non-hydrogen) atoms. The molecule has 5 nitrogen and oxygen atoms in total. The fourth-order valence-corrected chi connectivity index (χ4v) is 2.89. The molecule has 1 aromatic heterocycles. The van der Waals surface area contributed by atoms with Gasteiger partial charge >= 0.3 is 0 Å². The van der Waals surface area contributed by atoms with Crippen LogP contribution in [0.5, 0.6) is 11.5 Å². The van der Waals surface area contributed by atoms with Crippen molar-refractivity contribution in [3.05, 3.63) is 18.3 Å². The van der Waals surface area contributed by atoms with Gasteiger partial charge in [0.1, 0.15) is 6.10 Å². The first-order chi connectivity index (χ1) is 10.3. The van der Waals surface area contributed by atoms with Crippen molar-refractivity contribution in [3.63, 3.8) is 0 Å². The SMILES string of the molecule is CCCOc1c(OC2CCCC(N)C2)ccc2[nH]ncc12. The monoisotopic (exact) mass is 289 g/mol. The molecule has 1 fully saturated rings. The fraction of sp³-hybridized carbons (Fsp3) is 0.562. The van der Waals surface area contributed by atoms with Crippen LogP contribution in [-0.2, 0) is 0 Å². The second-order valence-corrected chi connectivity index (χ2v) is 5.74. The summed E-state index contributed by atoms with van der Waals surface area (Å²) in [5.41, 5.74) is 7.01. The number of nitrogens with two attached hydrogens (primary N) is 1. The van der Waals surface area contributed by atoms with Crippen molar-refractivity contribution in [2.45, 2.75) is 51.2 Å². The molecule has 0 bridgehead atoms. The number of aromatic amines is 1. The molecule has 0 amide bonds. The van der Waals surface area contributed by atoms with Crippen LogP contribution in [-0.4, -0.2) is 29.0 Å². The van der Waals surface area contributed by atoms with Gasteiger partial charge in [0.25, 0.3) is 0 Å². The van der Waals surface area contributed by atoms with Crippen LogP contribution >= 0.6 is 0 Å². The summed E-state index contributed by atoms with van der Waals surface area (Å²) in [6, 6.07) is 4.20. The minimum Gasteiger partial charge on any atom is -0.489 e. The molecule has 2 atom stereocenters. The van der Waals surface area contributed by atoms with Crippen molar-refractivity contribution in [2.75, 3.05) is 6.61 Å². The third-order valence-corrected chi connectivity index (χ3v) is 3.95. The molecule has 1 aliphatic rings. The number of H-pyrrole nitrogens is 1. The molecular formula is C16H23N3O2. The smallest absolute Gasteiger partial charge is 0.172 e. The zero-order valence-corrected chi connectivity index (χ0v) is 12.5. The maximum Gasteiger partial charge on any atom is 0.172 e. The van der Waals surface area contributed by atoms with E-state index >= 15 is 0 Å². The van der Waals surface area contributed by atoms with Crippen LogP contribution in [0.3, 0.4) is 0 Å². The normalized spacial score (nSPS) is 22.4. The first-order valence-electron chi connectivity index (χ1n) is 7.79. The summed E-state index contributed by atoms with van der Waals surface area (Å²) in [5, 5.41) is 8.03. The number of fused-ring (bicyclic) bond motifs is 1. The molecule has 1 heterocycles. The minimum absolute atomic E-state index is 0.182. The summed E-state index contributed by atoms with van der Waals surface area (Å²) in [4.78, 5) is 0. The van der Waals surface area contributed by atoms with Crippen LogP contribution in [0, 0.1) is 0 Å². The van der Waals surface area contributed by atoms with Gasteiger partial charge in [0.05, 0.1) is 23.7 Å². The predicted octanol–water partition coefficient (Wildman–Crippen LogP) is 3.00. The van der Waals surface area contributed by atoms with Crippen LogP contribution in [0.15, 0.2) is 18.3 Å². The molecule has 0 aliphatic heterocycles. The topological polar surface area (TPSA) is 73.2 Å². The zero-order chi connectivity index (χ0) is 14.7. The van der Waals surface area contributed by atoms with Gasteiger partial charge in [-0.3, -0.25) is 5.10 Å². The van der Waals surface area contributed by atoms with E-state index in [-0.39, 0.29) is 12.1 Å². The second kappa shape index (κ2) is 6.35. The average Bonchev–Trinajstić information content (AvgIpc) is 2.95. The lowest BCUT2D eigenvalue weighted by atomic mass is 9.93. The molecule has 0 saturated heterocycles. The summed E-state index contributed by atoms with van der Waals surface area (Å²) in [6.07, 6.45) is 7.13. The highest BCUT2D eigenvalue weighted by Gasteiger charge is 2.22. The first-order valence-corrected chi connectivity index (χ1v) is 7.79. The van der Waals surface area contributed by atoms with Crippen molar-refractivity contribution >= 4 is 10.9 Å². The Morgan fingerprint density at radius 3 is 3.10 bits per heavy atom. The maximum absolute atomic E-state index is 6.18. The van der Waals surface area contributed by atoms with Gasteiger partial charge in [-0.15, -0.1) is 0 Å². The van der Waals surface area contributed by atoms with Gasteiger partial charge in [0, 0.05) is 6.04 Å². The van der Waals surface area contributed by atoms with Gasteiger partial charge in [0.15, 0.2) is 11.5 Å². The third kappa shape index (κ3) is 3.13. The van der Waals surface area contributed by atoms with Crippen LogP contribution in [0.4, 0.5) is 0 Å². The van der Waals surface area contributed by atoms with E-state index in [9.17, 15) is 0 Å². The van der Waals surface area contributed by atoms with E-state index < -0.39 is 0 Å². The van der Waals surface area contributed by atoms with Gasteiger partial charge in [-0.1, -0.05) is 6.92 Å². The Morgan fingerprint density at radius 1 is 1.38 bits per heavy atom. The van der Waals surface area contributed by atoms with Gasteiger partial charge in [-0.05, 0) is 44.2 Å². The minimum atomic E-state index is 0.182. The molecule has 114 valence electrons. The maximum atomic E-state index is 6.18. The van der Waals surface area contributed by atoms with Crippen LogP contribution < -0.4 is 15.2 Å². The van der Waals surface area contributed by atoms with E-state index in [0.717, 1.165) is 54.5 Å². The third-order valence-electron chi connectivity index (χ3n) is 3.95. The number of hydrogen-bond acceptors (Lipinski definition) is 4. The zero-order valence-electron chi connectivity index (χ0n) is 12.5. The summed E-state index contributed by atoms with van der Waals surface area (Å²) in [5.74, 6) is 1.60. The van der Waals surface area contributed by atoms with Gasteiger partial charge in [-0.25, -0.2) is 0 Å². The van der Waals surface area contributed by atoms with Crippen LogP contribution in [0.1, 0.15) is 39.0 Å². The molecular weight excluding hydrogens is 266 g/mol. The van der Waals surface area contributed by atoms with Crippen LogP contribution in [0.2, 0.25) is 0 Å². The Balaban J connectivity index is 1.85. The number of nitrogens with zero attached hydrogens (tertiary/aromatic N) is 1. The molecule has 3 N–H and O–H groups in total. The Kier molecular flexibility index (Phi) is 4.29. The Bertz CT molecular complexity index is 596. The molecule has 5 heteroatoms. The van der Waals surface area contributed by atoms with Crippen molar-refractivity contribution < 1.29 is 9.47 Å². The molecule has 2 unspecified atom stereocenters. The highest BCUT2D eigenvalue weighted by atomic mass is 16.5. The second-order valence-electron chi connectivity index (χ2n) is 5.74. The predicted molar refractivity (Wildman–Crippen MR) is 82.7 cm³/mol. The number of hydrogen-bond donors (Lipinski definition) is 2. The average molecular weight is 289 g/mol. The summed E-state index contributed by atoms with van der Waals surface area (Å²) in [6.45, 7) is 2.76. The molecule has 0 radical (unpaired) electrons. The largest absolute Gasteiger partial charge is 0.489 e. The summed E-state index contributed by atoms with van der Waals surface area (Å²) < 4.78 is 12.1. The fourth-order valence-electron chi connectivity index (χ4n) is 2.89. The number of benzene rings is 1. The first kappa shape index (κ1) is 14.2. The standard InChI is InChI=1S/C16H23N3O2/c1-2-8-20-16-13-10-18-19-14(13)6-7-15(16)21-12-5-3-4-11(17)9-12/h6-7,10-12H,2-5,8-9,17H2,1H3,(H,18,19). The van der Waals surface area contributed by atoms with E-state index in [0.29, 0.717) is 6.61 Å².